The molecule has 2 rings (SSSR count). The third-order valence-corrected chi connectivity index (χ3v) is 3.22. The quantitative estimate of drug-likeness (QED) is 0.747. The molecule has 0 saturated carbocycles. The van der Waals surface area contributed by atoms with Crippen molar-refractivity contribution in [3.8, 4) is 0 Å². The molecule has 17 heavy (non-hydrogen) atoms. The Morgan fingerprint density at radius 1 is 1.41 bits per heavy atom. The minimum absolute atomic E-state index is 0.245. The zero-order chi connectivity index (χ0) is 12.5. The highest BCUT2D eigenvalue weighted by Crippen LogP contribution is 2.25. The second-order valence-corrected chi connectivity index (χ2v) is 5.78. The molecule has 1 saturated heterocycles. The van der Waals surface area contributed by atoms with E-state index in [4.69, 9.17) is 0 Å². The molecule has 1 aliphatic heterocycles. The van der Waals surface area contributed by atoms with E-state index in [1.807, 2.05) is 42.6 Å². The van der Waals surface area contributed by atoms with Crippen LogP contribution in [0.25, 0.3) is 0 Å². The molecular formula is C13H21N3O. The monoisotopic (exact) mass is 235 g/mol. The van der Waals surface area contributed by atoms with Gasteiger partial charge in [0.25, 0.3) is 0 Å². The Hall–Kier alpha value is -1.32. The first-order valence-corrected chi connectivity index (χ1v) is 6.27. The Balaban J connectivity index is 2.05. The molecule has 0 N–H and O–H groups in total. The van der Waals surface area contributed by atoms with Crippen molar-refractivity contribution < 1.29 is 4.79 Å². The van der Waals surface area contributed by atoms with Gasteiger partial charge in [-0.05, 0) is 18.9 Å². The lowest BCUT2D eigenvalue weighted by atomic mass is 9.93. The fourth-order valence-electron chi connectivity index (χ4n) is 2.33. The number of hydrogen-bond acceptors (Lipinski definition) is 2. The van der Waals surface area contributed by atoms with E-state index in [2.05, 4.69) is 5.10 Å². The van der Waals surface area contributed by atoms with Gasteiger partial charge < -0.3 is 4.90 Å². The van der Waals surface area contributed by atoms with Crippen molar-refractivity contribution in [1.82, 2.24) is 14.7 Å². The Kier molecular flexibility index (Phi) is 3.22. The summed E-state index contributed by atoms with van der Waals surface area (Å²) in [5.41, 5.74) is -0.286. The van der Waals surface area contributed by atoms with Crippen LogP contribution in [0.4, 0.5) is 0 Å². The Labute approximate surface area is 103 Å². The molecule has 1 aromatic rings. The van der Waals surface area contributed by atoms with Crippen LogP contribution in [-0.4, -0.2) is 33.7 Å². The van der Waals surface area contributed by atoms with Crippen LogP contribution < -0.4 is 0 Å². The van der Waals surface area contributed by atoms with E-state index in [-0.39, 0.29) is 11.3 Å². The summed E-state index contributed by atoms with van der Waals surface area (Å²) in [7, 11) is 0. The van der Waals surface area contributed by atoms with E-state index in [1.54, 1.807) is 6.20 Å². The minimum atomic E-state index is -0.286. The summed E-state index contributed by atoms with van der Waals surface area (Å²) in [5.74, 6) is 0.245. The van der Waals surface area contributed by atoms with Gasteiger partial charge >= 0.3 is 0 Å². The summed E-state index contributed by atoms with van der Waals surface area (Å²) < 4.78 is 1.97. The molecule has 1 aromatic heterocycles. The average molecular weight is 235 g/mol. The zero-order valence-corrected chi connectivity index (χ0v) is 10.9. The summed E-state index contributed by atoms with van der Waals surface area (Å²) in [6.07, 6.45) is 5.95. The first-order chi connectivity index (χ1) is 7.98. The maximum Gasteiger partial charge on any atom is 0.228 e. The van der Waals surface area contributed by atoms with Crippen molar-refractivity contribution in [2.75, 3.05) is 13.1 Å². The molecule has 2 heterocycles. The van der Waals surface area contributed by atoms with Gasteiger partial charge in [0, 0.05) is 30.9 Å². The van der Waals surface area contributed by atoms with E-state index >= 15 is 0 Å². The summed E-state index contributed by atoms with van der Waals surface area (Å²) in [4.78, 5) is 14.2. The smallest absolute Gasteiger partial charge is 0.228 e. The molecule has 0 radical (unpaired) electrons. The number of carbonyl (C=O) groups excluding carboxylic acids is 1. The molecule has 0 spiro atoms. The number of amides is 1. The fraction of sp³-hybridized carbons (Fsp3) is 0.692. The lowest BCUT2D eigenvalue weighted by molar-refractivity contribution is -0.141. The van der Waals surface area contributed by atoms with Crippen molar-refractivity contribution in [3.63, 3.8) is 0 Å². The second kappa shape index (κ2) is 4.51. The van der Waals surface area contributed by atoms with Gasteiger partial charge in [-0.1, -0.05) is 20.8 Å². The molecule has 1 aliphatic rings. The Morgan fingerprint density at radius 2 is 2.18 bits per heavy atom. The summed E-state index contributed by atoms with van der Waals surface area (Å²) in [6, 6.07) is 2.27. The predicted octanol–water partition coefficient (Wildman–Crippen LogP) is 2.09. The van der Waals surface area contributed by atoms with Gasteiger partial charge in [-0.3, -0.25) is 9.48 Å². The molecule has 0 aliphatic carbocycles. The van der Waals surface area contributed by atoms with Crippen molar-refractivity contribution in [2.24, 2.45) is 5.41 Å². The molecule has 0 bridgehead atoms. The van der Waals surface area contributed by atoms with Gasteiger partial charge in [-0.2, -0.15) is 5.10 Å². The number of rotatable bonds is 1. The zero-order valence-electron chi connectivity index (χ0n) is 10.9. The number of aromatic nitrogens is 2. The van der Waals surface area contributed by atoms with E-state index < -0.39 is 0 Å². The van der Waals surface area contributed by atoms with Crippen molar-refractivity contribution in [2.45, 2.75) is 39.7 Å². The highest BCUT2D eigenvalue weighted by Gasteiger charge is 2.31. The van der Waals surface area contributed by atoms with Crippen LogP contribution in [0.1, 0.15) is 39.7 Å². The number of carbonyl (C=O) groups is 1. The molecule has 4 nitrogen and oxygen atoms in total. The predicted molar refractivity (Wildman–Crippen MR) is 66.5 cm³/mol. The standard InChI is InChI=1S/C13H21N3O/c1-13(2,3)12(17)15-8-4-6-11(10-15)16-9-5-7-14-16/h5,7,9,11H,4,6,8,10H2,1-3H3. The topological polar surface area (TPSA) is 38.1 Å². The van der Waals surface area contributed by atoms with Crippen molar-refractivity contribution >= 4 is 5.91 Å². The van der Waals surface area contributed by atoms with Crippen LogP contribution in [0.15, 0.2) is 18.5 Å². The molecule has 94 valence electrons. The van der Waals surface area contributed by atoms with E-state index in [1.165, 1.54) is 0 Å². The summed E-state index contributed by atoms with van der Waals surface area (Å²) in [6.45, 7) is 7.61. The van der Waals surface area contributed by atoms with Crippen LogP contribution in [-0.2, 0) is 4.79 Å². The maximum absolute atomic E-state index is 12.2. The van der Waals surface area contributed by atoms with Crippen LogP contribution in [0.2, 0.25) is 0 Å². The molecule has 4 heteroatoms. The number of likely N-dealkylation sites (tertiary alicyclic amines) is 1. The van der Waals surface area contributed by atoms with E-state index in [9.17, 15) is 4.79 Å². The van der Waals surface area contributed by atoms with E-state index in [0.29, 0.717) is 6.04 Å². The largest absolute Gasteiger partial charge is 0.340 e. The fourth-order valence-corrected chi connectivity index (χ4v) is 2.33. The third kappa shape index (κ3) is 2.68. The number of hydrogen-bond donors (Lipinski definition) is 0. The van der Waals surface area contributed by atoms with Crippen molar-refractivity contribution in [1.29, 1.82) is 0 Å². The van der Waals surface area contributed by atoms with Crippen LogP contribution in [0, 0.1) is 5.41 Å². The average Bonchev–Trinajstić information content (AvgIpc) is 2.80. The maximum atomic E-state index is 12.2. The Bertz CT molecular complexity index is 378. The third-order valence-electron chi connectivity index (χ3n) is 3.22. The molecule has 1 atom stereocenters. The van der Waals surface area contributed by atoms with Crippen LogP contribution >= 0.6 is 0 Å². The summed E-state index contributed by atoms with van der Waals surface area (Å²) in [5, 5.41) is 4.27. The highest BCUT2D eigenvalue weighted by molar-refractivity contribution is 5.81. The molecular weight excluding hydrogens is 214 g/mol. The number of nitrogens with zero attached hydrogens (tertiary/aromatic N) is 3. The van der Waals surface area contributed by atoms with E-state index in [0.717, 1.165) is 25.9 Å². The number of piperidine rings is 1. The van der Waals surface area contributed by atoms with Gasteiger partial charge in [0.1, 0.15) is 0 Å². The highest BCUT2D eigenvalue weighted by atomic mass is 16.2. The van der Waals surface area contributed by atoms with Gasteiger partial charge in [-0.25, -0.2) is 0 Å². The normalized spacial score (nSPS) is 21.6. The summed E-state index contributed by atoms with van der Waals surface area (Å²) >= 11 is 0. The molecule has 1 fully saturated rings. The first kappa shape index (κ1) is 12.1. The molecule has 1 unspecified atom stereocenters. The van der Waals surface area contributed by atoms with Gasteiger partial charge in [-0.15, -0.1) is 0 Å². The Morgan fingerprint density at radius 3 is 2.76 bits per heavy atom. The van der Waals surface area contributed by atoms with Gasteiger partial charge in [0.15, 0.2) is 0 Å². The van der Waals surface area contributed by atoms with Crippen LogP contribution in [0.3, 0.4) is 0 Å². The second-order valence-electron chi connectivity index (χ2n) is 5.78. The SMILES string of the molecule is CC(C)(C)C(=O)N1CCCC(n2cccn2)C1. The minimum Gasteiger partial charge on any atom is -0.340 e. The lowest BCUT2D eigenvalue weighted by Crippen LogP contribution is -2.45. The van der Waals surface area contributed by atoms with Gasteiger partial charge in [0.2, 0.25) is 5.91 Å². The molecule has 1 amide bonds. The lowest BCUT2D eigenvalue weighted by Gasteiger charge is -2.36. The van der Waals surface area contributed by atoms with Gasteiger partial charge in [0.05, 0.1) is 6.04 Å². The molecule has 0 aromatic carbocycles. The van der Waals surface area contributed by atoms with Crippen molar-refractivity contribution in [3.05, 3.63) is 18.5 Å². The van der Waals surface area contributed by atoms with Crippen LogP contribution in [0.5, 0.6) is 0 Å². The first-order valence-electron chi connectivity index (χ1n) is 6.27.